The predicted octanol–water partition coefficient (Wildman–Crippen LogP) is 1.68. The molecular weight excluding hydrogens is 269 g/mol. The predicted molar refractivity (Wildman–Crippen MR) is 55.2 cm³/mol. The van der Waals surface area contributed by atoms with Gasteiger partial charge in [0, 0.05) is 5.56 Å². The minimum absolute atomic E-state index is 0.103. The molecule has 1 unspecified atom stereocenters. The molecule has 82 valence electrons. The summed E-state index contributed by atoms with van der Waals surface area (Å²) in [4.78, 5) is 10.6. The van der Waals surface area contributed by atoms with Crippen molar-refractivity contribution in [2.45, 2.75) is 6.04 Å². The van der Waals surface area contributed by atoms with Crippen LogP contribution in [0.25, 0.3) is 0 Å². The summed E-state index contributed by atoms with van der Waals surface area (Å²) in [6, 6.07) is 1.08. The second-order valence-electron chi connectivity index (χ2n) is 2.82. The molecule has 1 aromatic carbocycles. The van der Waals surface area contributed by atoms with Crippen molar-refractivity contribution < 1.29 is 19.0 Å². The molecule has 0 fully saturated rings. The molecule has 1 atom stereocenters. The van der Waals surface area contributed by atoms with Crippen molar-refractivity contribution >= 4 is 21.9 Å². The van der Waals surface area contributed by atoms with Crippen LogP contribution in [0.1, 0.15) is 11.6 Å². The van der Waals surface area contributed by atoms with Crippen LogP contribution in [0.15, 0.2) is 16.6 Å². The Labute approximate surface area is 94.0 Å². The number of rotatable bonds is 3. The van der Waals surface area contributed by atoms with Crippen LogP contribution in [-0.2, 0) is 4.79 Å². The maximum absolute atomic E-state index is 13.2. The van der Waals surface area contributed by atoms with Gasteiger partial charge < -0.3 is 15.6 Å². The standard InChI is InChI=1S/C9H9BrFNO3/c1-15-7-3-5(10)6(11)2-4(7)8(12)9(13)14/h2-3,8H,12H2,1H3,(H,13,14). The number of carbonyl (C=O) groups is 1. The van der Waals surface area contributed by atoms with Crippen molar-refractivity contribution in [3.8, 4) is 5.75 Å². The van der Waals surface area contributed by atoms with Crippen molar-refractivity contribution in [1.82, 2.24) is 0 Å². The average Bonchev–Trinajstić information content (AvgIpc) is 2.20. The zero-order valence-corrected chi connectivity index (χ0v) is 9.42. The number of benzene rings is 1. The third-order valence-corrected chi connectivity index (χ3v) is 2.48. The molecule has 0 spiro atoms. The van der Waals surface area contributed by atoms with E-state index < -0.39 is 17.8 Å². The quantitative estimate of drug-likeness (QED) is 0.882. The van der Waals surface area contributed by atoms with Gasteiger partial charge in [0.15, 0.2) is 0 Å². The van der Waals surface area contributed by atoms with Crippen molar-refractivity contribution in [2.24, 2.45) is 5.73 Å². The van der Waals surface area contributed by atoms with Crippen molar-refractivity contribution in [3.05, 3.63) is 28.0 Å². The molecule has 0 aliphatic rings. The fourth-order valence-corrected chi connectivity index (χ4v) is 1.42. The summed E-state index contributed by atoms with van der Waals surface area (Å²) in [7, 11) is 1.36. The molecular formula is C9H9BrFNO3. The lowest BCUT2D eigenvalue weighted by Crippen LogP contribution is -2.21. The van der Waals surface area contributed by atoms with E-state index in [-0.39, 0.29) is 15.8 Å². The first-order chi connectivity index (χ1) is 6.97. The third-order valence-electron chi connectivity index (χ3n) is 1.87. The zero-order valence-electron chi connectivity index (χ0n) is 7.83. The van der Waals surface area contributed by atoms with E-state index in [4.69, 9.17) is 15.6 Å². The highest BCUT2D eigenvalue weighted by molar-refractivity contribution is 9.10. The lowest BCUT2D eigenvalue weighted by Gasteiger charge is -2.12. The number of aliphatic carboxylic acids is 1. The van der Waals surface area contributed by atoms with Gasteiger partial charge in [-0.15, -0.1) is 0 Å². The van der Waals surface area contributed by atoms with Crippen LogP contribution < -0.4 is 10.5 Å². The Morgan fingerprint density at radius 2 is 2.27 bits per heavy atom. The molecule has 15 heavy (non-hydrogen) atoms. The minimum Gasteiger partial charge on any atom is -0.496 e. The van der Waals surface area contributed by atoms with E-state index in [1.165, 1.54) is 13.2 Å². The molecule has 0 aliphatic heterocycles. The molecule has 0 heterocycles. The van der Waals surface area contributed by atoms with Crippen LogP contribution in [0.2, 0.25) is 0 Å². The van der Waals surface area contributed by atoms with Gasteiger partial charge in [0.25, 0.3) is 0 Å². The second-order valence-corrected chi connectivity index (χ2v) is 3.68. The molecule has 6 heteroatoms. The molecule has 0 bridgehead atoms. The first-order valence-electron chi connectivity index (χ1n) is 3.98. The topological polar surface area (TPSA) is 72.5 Å². The lowest BCUT2D eigenvalue weighted by molar-refractivity contribution is -0.138. The van der Waals surface area contributed by atoms with Gasteiger partial charge in [-0.05, 0) is 28.1 Å². The minimum atomic E-state index is -1.30. The molecule has 0 amide bonds. The Hall–Kier alpha value is -1.14. The van der Waals surface area contributed by atoms with Gasteiger partial charge >= 0.3 is 5.97 Å². The fourth-order valence-electron chi connectivity index (χ4n) is 1.10. The first kappa shape index (κ1) is 11.9. The SMILES string of the molecule is COc1cc(Br)c(F)cc1C(N)C(=O)O. The van der Waals surface area contributed by atoms with E-state index in [1.54, 1.807) is 0 Å². The Morgan fingerprint density at radius 1 is 1.67 bits per heavy atom. The highest BCUT2D eigenvalue weighted by Gasteiger charge is 2.20. The summed E-state index contributed by atoms with van der Waals surface area (Å²) in [5.74, 6) is -1.59. The zero-order chi connectivity index (χ0) is 11.6. The number of nitrogens with two attached hydrogens (primary N) is 1. The number of hydrogen-bond acceptors (Lipinski definition) is 3. The number of halogens is 2. The highest BCUT2D eigenvalue weighted by Crippen LogP contribution is 2.30. The van der Waals surface area contributed by atoms with Gasteiger partial charge in [-0.2, -0.15) is 0 Å². The summed E-state index contributed by atoms with van der Waals surface area (Å²) in [5.41, 5.74) is 5.47. The maximum Gasteiger partial charge on any atom is 0.325 e. The Morgan fingerprint density at radius 3 is 2.73 bits per heavy atom. The van der Waals surface area contributed by atoms with E-state index in [9.17, 15) is 9.18 Å². The second kappa shape index (κ2) is 4.59. The van der Waals surface area contributed by atoms with E-state index in [1.807, 2.05) is 0 Å². The van der Waals surface area contributed by atoms with Crippen LogP contribution in [0.5, 0.6) is 5.75 Å². The van der Waals surface area contributed by atoms with E-state index in [2.05, 4.69) is 15.9 Å². The number of ether oxygens (including phenoxy) is 1. The third kappa shape index (κ3) is 2.45. The Balaban J connectivity index is 3.27. The van der Waals surface area contributed by atoms with Gasteiger partial charge in [0.1, 0.15) is 17.6 Å². The molecule has 0 aliphatic carbocycles. The summed E-state index contributed by atoms with van der Waals surface area (Å²) < 4.78 is 18.3. The number of methoxy groups -OCH3 is 1. The van der Waals surface area contributed by atoms with Crippen LogP contribution in [0.3, 0.4) is 0 Å². The van der Waals surface area contributed by atoms with Gasteiger partial charge in [0.05, 0.1) is 11.6 Å². The largest absolute Gasteiger partial charge is 0.496 e. The Kier molecular flexibility index (Phi) is 3.65. The van der Waals surface area contributed by atoms with Gasteiger partial charge in [0.2, 0.25) is 0 Å². The summed E-state index contributed by atoms with van der Waals surface area (Å²) in [6.45, 7) is 0. The van der Waals surface area contributed by atoms with Crippen molar-refractivity contribution in [1.29, 1.82) is 0 Å². The molecule has 0 radical (unpaired) electrons. The van der Waals surface area contributed by atoms with Crippen molar-refractivity contribution in [3.63, 3.8) is 0 Å². The Bertz CT molecular complexity index is 397. The average molecular weight is 278 g/mol. The van der Waals surface area contributed by atoms with Crippen LogP contribution in [0, 0.1) is 5.82 Å². The molecule has 3 N–H and O–H groups in total. The number of carboxylic acid groups (broad SMARTS) is 1. The van der Waals surface area contributed by atoms with Gasteiger partial charge in [-0.25, -0.2) is 4.39 Å². The fraction of sp³-hybridized carbons (Fsp3) is 0.222. The summed E-state index contributed by atoms with van der Waals surface area (Å²) in [6.07, 6.45) is 0. The first-order valence-corrected chi connectivity index (χ1v) is 4.78. The molecule has 1 aromatic rings. The van der Waals surface area contributed by atoms with Gasteiger partial charge in [-0.1, -0.05) is 0 Å². The molecule has 1 rings (SSSR count). The van der Waals surface area contributed by atoms with Crippen LogP contribution in [0.4, 0.5) is 4.39 Å². The van der Waals surface area contributed by atoms with E-state index >= 15 is 0 Å². The molecule has 0 saturated carbocycles. The van der Waals surface area contributed by atoms with E-state index in [0.717, 1.165) is 6.07 Å². The van der Waals surface area contributed by atoms with Crippen molar-refractivity contribution in [2.75, 3.05) is 7.11 Å². The molecule has 0 aromatic heterocycles. The monoisotopic (exact) mass is 277 g/mol. The number of carboxylic acids is 1. The smallest absolute Gasteiger partial charge is 0.325 e. The molecule has 4 nitrogen and oxygen atoms in total. The summed E-state index contributed by atoms with van der Waals surface area (Å²) in [5, 5.41) is 8.70. The lowest BCUT2D eigenvalue weighted by atomic mass is 10.1. The van der Waals surface area contributed by atoms with Crippen LogP contribution in [-0.4, -0.2) is 18.2 Å². The van der Waals surface area contributed by atoms with Crippen LogP contribution >= 0.6 is 15.9 Å². The normalized spacial score (nSPS) is 12.3. The maximum atomic E-state index is 13.2. The molecule has 0 saturated heterocycles. The van der Waals surface area contributed by atoms with E-state index in [0.29, 0.717) is 0 Å². The highest BCUT2D eigenvalue weighted by atomic mass is 79.9. The van der Waals surface area contributed by atoms with Gasteiger partial charge in [-0.3, -0.25) is 4.79 Å². The number of hydrogen-bond donors (Lipinski definition) is 2. The summed E-state index contributed by atoms with van der Waals surface area (Å²) >= 11 is 2.96.